The van der Waals surface area contributed by atoms with Gasteiger partial charge in [-0.1, -0.05) is 12.1 Å². The van der Waals surface area contributed by atoms with Gasteiger partial charge in [-0.3, -0.25) is 0 Å². The van der Waals surface area contributed by atoms with Crippen molar-refractivity contribution in [2.75, 3.05) is 16.8 Å². The first kappa shape index (κ1) is 17.1. The average molecular weight is 383 g/mol. The summed E-state index contributed by atoms with van der Waals surface area (Å²) in [6.07, 6.45) is 4.45. The zero-order valence-corrected chi connectivity index (χ0v) is 15.7. The van der Waals surface area contributed by atoms with E-state index in [9.17, 15) is 0 Å². The molecular weight excluding hydrogens is 362 g/mol. The van der Waals surface area contributed by atoms with Gasteiger partial charge in [0.2, 0.25) is 5.95 Å². The van der Waals surface area contributed by atoms with Crippen LogP contribution in [0.3, 0.4) is 0 Å². The minimum atomic E-state index is 0.293. The fourth-order valence-electron chi connectivity index (χ4n) is 3.55. The average Bonchev–Trinajstić information content (AvgIpc) is 3.38. The standard InChI is InChI=1S/C22H21N7/c23-20-19(11-13-1-3-17-15(9-13)5-7-25-17)28-22(29-21(20)24)27-12-14-2-4-18-16(10-14)6-8-26-18/h1-10,25-26H,11-12,23H2,(H3,24,27,28,29). The molecule has 0 saturated heterocycles. The van der Waals surface area contributed by atoms with Crippen molar-refractivity contribution in [3.05, 3.63) is 77.7 Å². The van der Waals surface area contributed by atoms with Crippen LogP contribution >= 0.6 is 0 Å². The van der Waals surface area contributed by atoms with E-state index < -0.39 is 0 Å². The monoisotopic (exact) mass is 383 g/mol. The SMILES string of the molecule is Nc1nc(NCc2ccc3[nH]ccc3c2)nc(Cc2ccc3[nH]ccc3c2)c1N. The van der Waals surface area contributed by atoms with Gasteiger partial charge < -0.3 is 26.8 Å². The van der Waals surface area contributed by atoms with E-state index in [1.165, 1.54) is 5.39 Å². The van der Waals surface area contributed by atoms with Crippen molar-refractivity contribution >= 4 is 39.3 Å². The van der Waals surface area contributed by atoms with Crippen LogP contribution in [0.15, 0.2) is 60.9 Å². The van der Waals surface area contributed by atoms with Gasteiger partial charge >= 0.3 is 0 Å². The fraction of sp³-hybridized carbons (Fsp3) is 0.0909. The molecule has 5 aromatic rings. The molecule has 144 valence electrons. The third-order valence-corrected chi connectivity index (χ3v) is 5.11. The Balaban J connectivity index is 1.38. The summed E-state index contributed by atoms with van der Waals surface area (Å²) in [5, 5.41) is 5.59. The molecule has 0 saturated carbocycles. The lowest BCUT2D eigenvalue weighted by Crippen LogP contribution is -2.11. The van der Waals surface area contributed by atoms with Crippen molar-refractivity contribution in [2.45, 2.75) is 13.0 Å². The Labute approximate surface area is 167 Å². The summed E-state index contributed by atoms with van der Waals surface area (Å²) in [5.74, 6) is 0.768. The molecule has 0 amide bonds. The van der Waals surface area contributed by atoms with Crippen LogP contribution in [0.2, 0.25) is 0 Å². The summed E-state index contributed by atoms with van der Waals surface area (Å²) in [6.45, 7) is 0.596. The molecule has 7 nitrogen and oxygen atoms in total. The molecule has 5 rings (SSSR count). The Bertz CT molecular complexity index is 1320. The molecule has 29 heavy (non-hydrogen) atoms. The first-order chi connectivity index (χ1) is 14.2. The molecule has 7 N–H and O–H groups in total. The normalized spacial score (nSPS) is 11.3. The number of anilines is 3. The van der Waals surface area contributed by atoms with E-state index in [0.717, 1.165) is 33.2 Å². The number of benzene rings is 2. The van der Waals surface area contributed by atoms with Gasteiger partial charge in [-0.2, -0.15) is 4.98 Å². The van der Waals surface area contributed by atoms with Gasteiger partial charge in [0.25, 0.3) is 0 Å². The van der Waals surface area contributed by atoms with Crippen LogP contribution in [-0.4, -0.2) is 19.9 Å². The lowest BCUT2D eigenvalue weighted by molar-refractivity contribution is 1.00. The van der Waals surface area contributed by atoms with Crippen molar-refractivity contribution in [1.29, 1.82) is 0 Å². The van der Waals surface area contributed by atoms with Crippen LogP contribution in [0, 0.1) is 0 Å². The van der Waals surface area contributed by atoms with Gasteiger partial charge in [0.1, 0.15) is 0 Å². The van der Waals surface area contributed by atoms with Crippen LogP contribution in [0.25, 0.3) is 21.8 Å². The number of H-pyrrole nitrogens is 2. The number of fused-ring (bicyclic) bond motifs is 2. The molecule has 0 spiro atoms. The van der Waals surface area contributed by atoms with E-state index in [1.54, 1.807) is 0 Å². The Morgan fingerprint density at radius 3 is 2.17 bits per heavy atom. The number of nitrogens with zero attached hydrogens (tertiary/aromatic N) is 2. The Morgan fingerprint density at radius 2 is 1.45 bits per heavy atom. The quantitative estimate of drug-likeness (QED) is 0.316. The zero-order chi connectivity index (χ0) is 19.8. The van der Waals surface area contributed by atoms with Gasteiger partial charge in [0.05, 0.1) is 11.4 Å². The molecule has 7 heteroatoms. The molecular formula is C22H21N7. The largest absolute Gasteiger partial charge is 0.394 e. The van der Waals surface area contributed by atoms with Crippen LogP contribution in [-0.2, 0) is 13.0 Å². The Hall–Kier alpha value is -4.00. The second-order valence-electron chi connectivity index (χ2n) is 7.12. The number of nitrogens with one attached hydrogen (secondary N) is 3. The zero-order valence-electron chi connectivity index (χ0n) is 15.7. The number of nitrogens with two attached hydrogens (primary N) is 2. The second-order valence-corrected chi connectivity index (χ2v) is 7.12. The van der Waals surface area contributed by atoms with E-state index in [4.69, 9.17) is 11.5 Å². The maximum Gasteiger partial charge on any atom is 0.225 e. The summed E-state index contributed by atoms with van der Waals surface area (Å²) in [7, 11) is 0. The van der Waals surface area contributed by atoms with Gasteiger partial charge in [-0.05, 0) is 58.3 Å². The molecule has 3 aromatic heterocycles. The minimum Gasteiger partial charge on any atom is -0.394 e. The molecule has 0 aliphatic heterocycles. The molecule has 0 unspecified atom stereocenters. The van der Waals surface area contributed by atoms with Gasteiger partial charge in [0, 0.05) is 36.4 Å². The second kappa shape index (κ2) is 6.87. The van der Waals surface area contributed by atoms with E-state index in [-0.39, 0.29) is 0 Å². The van der Waals surface area contributed by atoms with Crippen molar-refractivity contribution in [3.63, 3.8) is 0 Å². The van der Waals surface area contributed by atoms with Crippen molar-refractivity contribution in [1.82, 2.24) is 19.9 Å². The first-order valence-corrected chi connectivity index (χ1v) is 9.43. The summed E-state index contributed by atoms with van der Waals surface area (Å²) >= 11 is 0. The Morgan fingerprint density at radius 1 is 0.793 bits per heavy atom. The van der Waals surface area contributed by atoms with E-state index >= 15 is 0 Å². The summed E-state index contributed by atoms with van der Waals surface area (Å²) in [5.41, 5.74) is 17.8. The van der Waals surface area contributed by atoms with Gasteiger partial charge in [-0.25, -0.2) is 4.98 Å². The fourth-order valence-corrected chi connectivity index (χ4v) is 3.55. The van der Waals surface area contributed by atoms with Crippen molar-refractivity contribution < 1.29 is 0 Å². The van der Waals surface area contributed by atoms with E-state index in [1.807, 2.05) is 18.5 Å². The number of aromatic amines is 2. The maximum absolute atomic E-state index is 6.16. The van der Waals surface area contributed by atoms with Crippen LogP contribution in [0.4, 0.5) is 17.5 Å². The number of rotatable bonds is 5. The smallest absolute Gasteiger partial charge is 0.225 e. The lowest BCUT2D eigenvalue weighted by atomic mass is 10.1. The van der Waals surface area contributed by atoms with E-state index in [0.29, 0.717) is 30.4 Å². The van der Waals surface area contributed by atoms with Crippen molar-refractivity contribution in [2.24, 2.45) is 0 Å². The van der Waals surface area contributed by atoms with Crippen LogP contribution < -0.4 is 16.8 Å². The van der Waals surface area contributed by atoms with Crippen LogP contribution in [0.5, 0.6) is 0 Å². The highest BCUT2D eigenvalue weighted by Gasteiger charge is 2.11. The number of hydrogen-bond acceptors (Lipinski definition) is 5. The predicted octanol–water partition coefficient (Wildman–Crippen LogP) is 3.81. The molecule has 3 heterocycles. The van der Waals surface area contributed by atoms with Gasteiger partial charge in [-0.15, -0.1) is 0 Å². The topological polar surface area (TPSA) is 121 Å². The lowest BCUT2D eigenvalue weighted by Gasteiger charge is -2.11. The number of nitrogen functional groups attached to an aromatic ring is 2. The highest BCUT2D eigenvalue weighted by Crippen LogP contribution is 2.23. The third-order valence-electron chi connectivity index (χ3n) is 5.11. The molecule has 0 aliphatic rings. The Kier molecular flexibility index (Phi) is 4.05. The summed E-state index contributed by atoms with van der Waals surface area (Å²) < 4.78 is 0. The molecule has 0 fully saturated rings. The summed E-state index contributed by atoms with van der Waals surface area (Å²) in [4.78, 5) is 15.3. The molecule has 0 aliphatic carbocycles. The van der Waals surface area contributed by atoms with E-state index in [2.05, 4.69) is 67.7 Å². The first-order valence-electron chi connectivity index (χ1n) is 9.43. The minimum absolute atomic E-state index is 0.293. The van der Waals surface area contributed by atoms with Gasteiger partial charge in [0.15, 0.2) is 5.82 Å². The van der Waals surface area contributed by atoms with Crippen molar-refractivity contribution in [3.8, 4) is 0 Å². The highest BCUT2D eigenvalue weighted by atomic mass is 15.1. The molecule has 0 radical (unpaired) electrons. The molecule has 0 atom stereocenters. The number of aromatic nitrogens is 4. The number of hydrogen-bond donors (Lipinski definition) is 5. The summed E-state index contributed by atoms with van der Waals surface area (Å²) in [6, 6.07) is 16.6. The molecule has 0 bridgehead atoms. The highest BCUT2D eigenvalue weighted by molar-refractivity contribution is 5.80. The predicted molar refractivity (Wildman–Crippen MR) is 118 cm³/mol. The third kappa shape index (κ3) is 3.34. The molecule has 2 aromatic carbocycles. The maximum atomic E-state index is 6.16. The van der Waals surface area contributed by atoms with Crippen LogP contribution in [0.1, 0.15) is 16.8 Å².